The Morgan fingerprint density at radius 3 is 3.17 bits per heavy atom. The number of halogens is 1. The summed E-state index contributed by atoms with van der Waals surface area (Å²) in [6.45, 7) is 3.91. The van der Waals surface area contributed by atoms with Crippen molar-refractivity contribution in [3.63, 3.8) is 0 Å². The maximum atomic E-state index is 12.8. The van der Waals surface area contributed by atoms with Gasteiger partial charge in [0.1, 0.15) is 0 Å². The number of anilines is 2. The second kappa shape index (κ2) is 3.66. The van der Waals surface area contributed by atoms with Crippen LogP contribution in [0, 0.1) is 5.82 Å². The molecule has 1 aromatic rings. The lowest BCUT2D eigenvalue weighted by molar-refractivity contribution is 0.618. The molecule has 64 valence electrons. The van der Waals surface area contributed by atoms with E-state index < -0.39 is 5.82 Å². The highest BCUT2D eigenvalue weighted by atomic mass is 19.1. The molecule has 0 saturated heterocycles. The zero-order valence-corrected chi connectivity index (χ0v) is 6.42. The predicted octanol–water partition coefficient (Wildman–Crippen LogP) is 0.796. The fourth-order valence-corrected chi connectivity index (χ4v) is 0.674. The quantitative estimate of drug-likeness (QED) is 0.655. The van der Waals surface area contributed by atoms with Gasteiger partial charge in [0.05, 0.1) is 6.20 Å². The van der Waals surface area contributed by atoms with Gasteiger partial charge < -0.3 is 11.1 Å². The van der Waals surface area contributed by atoms with Crippen molar-refractivity contribution in [3.8, 4) is 0 Å². The number of nitrogens with one attached hydrogen (secondary N) is 1. The fourth-order valence-electron chi connectivity index (χ4n) is 0.674. The van der Waals surface area contributed by atoms with Gasteiger partial charge in [-0.1, -0.05) is 6.08 Å². The first kappa shape index (κ1) is 8.45. The second-order valence-corrected chi connectivity index (χ2v) is 2.09. The zero-order valence-electron chi connectivity index (χ0n) is 6.42. The van der Waals surface area contributed by atoms with Gasteiger partial charge in [-0.15, -0.1) is 6.58 Å². The van der Waals surface area contributed by atoms with Gasteiger partial charge in [0.15, 0.2) is 11.6 Å². The van der Waals surface area contributed by atoms with Crippen molar-refractivity contribution in [1.29, 1.82) is 0 Å². The van der Waals surface area contributed by atoms with E-state index in [0.29, 0.717) is 6.54 Å². The highest BCUT2D eigenvalue weighted by Crippen LogP contribution is 2.08. The van der Waals surface area contributed by atoms with Gasteiger partial charge in [0.25, 0.3) is 0 Å². The summed E-state index contributed by atoms with van der Waals surface area (Å²) in [4.78, 5) is 7.12. The summed E-state index contributed by atoms with van der Waals surface area (Å²) in [5.41, 5.74) is 5.24. The molecule has 0 saturated carbocycles. The Balaban J connectivity index is 2.82. The minimum absolute atomic E-state index is 0.0444. The largest absolute Gasteiger partial charge is 0.368 e. The molecular formula is C7H9FN4. The van der Waals surface area contributed by atoms with Gasteiger partial charge in [-0.3, -0.25) is 0 Å². The van der Waals surface area contributed by atoms with Crippen LogP contribution < -0.4 is 11.1 Å². The monoisotopic (exact) mass is 168 g/mol. The molecule has 0 aromatic carbocycles. The molecule has 0 unspecified atom stereocenters. The number of hydrogen-bond acceptors (Lipinski definition) is 4. The summed E-state index contributed by atoms with van der Waals surface area (Å²) in [6, 6.07) is 0. The Kier molecular flexibility index (Phi) is 2.57. The summed E-state index contributed by atoms with van der Waals surface area (Å²) in [6.07, 6.45) is 2.62. The van der Waals surface area contributed by atoms with E-state index in [1.54, 1.807) is 6.08 Å². The van der Waals surface area contributed by atoms with Gasteiger partial charge in [-0.25, -0.2) is 9.37 Å². The minimum atomic E-state index is -0.522. The summed E-state index contributed by atoms with van der Waals surface area (Å²) in [7, 11) is 0. The van der Waals surface area contributed by atoms with E-state index >= 15 is 0 Å². The zero-order chi connectivity index (χ0) is 8.97. The molecule has 1 aromatic heterocycles. The van der Waals surface area contributed by atoms with E-state index in [1.807, 2.05) is 0 Å². The van der Waals surface area contributed by atoms with Gasteiger partial charge in [-0.2, -0.15) is 4.98 Å². The molecule has 1 rings (SSSR count). The van der Waals surface area contributed by atoms with Gasteiger partial charge in [0, 0.05) is 6.54 Å². The van der Waals surface area contributed by atoms with Crippen molar-refractivity contribution in [3.05, 3.63) is 24.7 Å². The van der Waals surface area contributed by atoms with E-state index in [2.05, 4.69) is 21.9 Å². The van der Waals surface area contributed by atoms with Crippen LogP contribution in [0.5, 0.6) is 0 Å². The first-order chi connectivity index (χ1) is 5.74. The highest BCUT2D eigenvalue weighted by Gasteiger charge is 2.02. The molecular weight excluding hydrogens is 159 g/mol. The molecule has 0 spiro atoms. The van der Waals surface area contributed by atoms with Crippen LogP contribution >= 0.6 is 0 Å². The average molecular weight is 168 g/mol. The average Bonchev–Trinajstić information content (AvgIpc) is 2.07. The van der Waals surface area contributed by atoms with Crippen molar-refractivity contribution in [2.24, 2.45) is 0 Å². The molecule has 5 heteroatoms. The lowest BCUT2D eigenvalue weighted by Gasteiger charge is -2.02. The van der Waals surface area contributed by atoms with E-state index in [9.17, 15) is 4.39 Å². The second-order valence-electron chi connectivity index (χ2n) is 2.09. The third-order valence-corrected chi connectivity index (χ3v) is 1.18. The molecule has 0 atom stereocenters. The first-order valence-corrected chi connectivity index (χ1v) is 3.37. The van der Waals surface area contributed by atoms with Crippen molar-refractivity contribution < 1.29 is 4.39 Å². The fraction of sp³-hybridized carbons (Fsp3) is 0.143. The van der Waals surface area contributed by atoms with Gasteiger partial charge in [-0.05, 0) is 0 Å². The van der Waals surface area contributed by atoms with Crippen LogP contribution in [0.4, 0.5) is 16.2 Å². The van der Waals surface area contributed by atoms with Crippen LogP contribution in [-0.2, 0) is 0 Å². The number of aromatic nitrogens is 2. The SMILES string of the molecule is C=CCNc1nc(N)ncc1F. The number of rotatable bonds is 3. The molecule has 4 nitrogen and oxygen atoms in total. The molecule has 12 heavy (non-hydrogen) atoms. The lowest BCUT2D eigenvalue weighted by atomic mass is 10.5. The number of nitrogen functional groups attached to an aromatic ring is 1. The topological polar surface area (TPSA) is 63.8 Å². The Labute approximate surface area is 69.3 Å². The Bertz CT molecular complexity index is 287. The minimum Gasteiger partial charge on any atom is -0.368 e. The molecule has 0 aliphatic rings. The van der Waals surface area contributed by atoms with Gasteiger partial charge >= 0.3 is 0 Å². The van der Waals surface area contributed by atoms with Crippen LogP contribution in [0.25, 0.3) is 0 Å². The van der Waals surface area contributed by atoms with Crippen molar-refractivity contribution in [1.82, 2.24) is 9.97 Å². The van der Waals surface area contributed by atoms with E-state index in [4.69, 9.17) is 5.73 Å². The third-order valence-electron chi connectivity index (χ3n) is 1.18. The van der Waals surface area contributed by atoms with E-state index in [0.717, 1.165) is 6.20 Å². The van der Waals surface area contributed by atoms with Crippen molar-refractivity contribution in [2.75, 3.05) is 17.6 Å². The molecule has 0 amide bonds. The van der Waals surface area contributed by atoms with Gasteiger partial charge in [0.2, 0.25) is 5.95 Å². The maximum Gasteiger partial charge on any atom is 0.222 e. The summed E-state index contributed by atoms with van der Waals surface area (Å²) in [5.74, 6) is -0.378. The van der Waals surface area contributed by atoms with E-state index in [1.165, 1.54) is 0 Å². The molecule has 3 N–H and O–H groups in total. The highest BCUT2D eigenvalue weighted by molar-refractivity contribution is 5.39. The van der Waals surface area contributed by atoms with E-state index in [-0.39, 0.29) is 11.8 Å². The van der Waals surface area contributed by atoms with Crippen LogP contribution in [0.2, 0.25) is 0 Å². The first-order valence-electron chi connectivity index (χ1n) is 3.37. The van der Waals surface area contributed by atoms with Crippen molar-refractivity contribution >= 4 is 11.8 Å². The van der Waals surface area contributed by atoms with Crippen LogP contribution in [-0.4, -0.2) is 16.5 Å². The molecule has 1 heterocycles. The number of hydrogen-bond donors (Lipinski definition) is 2. The Morgan fingerprint density at radius 2 is 2.50 bits per heavy atom. The molecule has 0 fully saturated rings. The Morgan fingerprint density at radius 1 is 1.75 bits per heavy atom. The molecule has 0 aliphatic carbocycles. The molecule has 0 bridgehead atoms. The lowest BCUT2D eigenvalue weighted by Crippen LogP contribution is -2.06. The maximum absolute atomic E-state index is 12.8. The van der Waals surface area contributed by atoms with Crippen LogP contribution in [0.15, 0.2) is 18.9 Å². The van der Waals surface area contributed by atoms with Crippen molar-refractivity contribution in [2.45, 2.75) is 0 Å². The summed E-state index contributed by atoms with van der Waals surface area (Å²) in [5, 5.41) is 2.68. The summed E-state index contributed by atoms with van der Waals surface area (Å²) >= 11 is 0. The predicted molar refractivity (Wildman–Crippen MR) is 45.1 cm³/mol. The summed E-state index contributed by atoms with van der Waals surface area (Å²) < 4.78 is 12.8. The number of nitrogens with zero attached hydrogens (tertiary/aromatic N) is 2. The molecule has 0 aliphatic heterocycles. The third kappa shape index (κ3) is 1.91. The van der Waals surface area contributed by atoms with Crippen LogP contribution in [0.3, 0.4) is 0 Å². The smallest absolute Gasteiger partial charge is 0.222 e. The number of nitrogens with two attached hydrogens (primary N) is 1. The van der Waals surface area contributed by atoms with Crippen LogP contribution in [0.1, 0.15) is 0 Å². The Hall–Kier alpha value is -1.65. The molecule has 0 radical (unpaired) electrons. The standard InChI is InChI=1S/C7H9FN4/c1-2-3-10-6-5(8)4-11-7(9)12-6/h2,4H,1,3H2,(H3,9,10,11,12). The normalized spacial score (nSPS) is 9.42.